The summed E-state index contributed by atoms with van der Waals surface area (Å²) in [6.07, 6.45) is 4.11. The summed E-state index contributed by atoms with van der Waals surface area (Å²) in [6, 6.07) is 9.87. The standard InChI is InChI=1S/C25H23FN8O5S/c1-14(35)32(2)13-22-28-8-9-33(22)15-4-6-19(18(26)11-15)29-25(36)20-12-23(40(3,37)38)30-34(20)16-5-7-21-17(10-16)24(27)31-39-21/h4-12H,13H2,1-3H3,(H2,27,31)(H,29,36). The first-order valence-electron chi connectivity index (χ1n) is 11.7. The maximum Gasteiger partial charge on any atom is 0.274 e. The zero-order valence-corrected chi connectivity index (χ0v) is 22.3. The van der Waals surface area contributed by atoms with Crippen LogP contribution in [-0.2, 0) is 21.2 Å². The van der Waals surface area contributed by atoms with Gasteiger partial charge in [0, 0.05) is 50.4 Å². The third-order valence-electron chi connectivity index (χ3n) is 6.14. The van der Waals surface area contributed by atoms with E-state index in [0.29, 0.717) is 28.2 Å². The van der Waals surface area contributed by atoms with Crippen LogP contribution in [0.1, 0.15) is 23.2 Å². The second-order valence-corrected chi connectivity index (χ2v) is 11.0. The van der Waals surface area contributed by atoms with Crippen LogP contribution in [0.15, 0.2) is 64.4 Å². The lowest BCUT2D eigenvalue weighted by Gasteiger charge is -2.16. The molecule has 0 aliphatic rings. The number of rotatable bonds is 7. The van der Waals surface area contributed by atoms with Gasteiger partial charge in [-0.2, -0.15) is 5.10 Å². The van der Waals surface area contributed by atoms with Gasteiger partial charge in [-0.3, -0.25) is 9.59 Å². The molecule has 0 radical (unpaired) electrons. The normalized spacial score (nSPS) is 11.6. The Balaban J connectivity index is 1.47. The summed E-state index contributed by atoms with van der Waals surface area (Å²) >= 11 is 0. The van der Waals surface area contributed by atoms with Crippen molar-refractivity contribution in [2.45, 2.75) is 18.5 Å². The molecule has 0 saturated heterocycles. The molecule has 2 amide bonds. The Bertz CT molecular complexity index is 1890. The fraction of sp³-hybridized carbons (Fsp3) is 0.160. The zero-order valence-electron chi connectivity index (χ0n) is 21.5. The molecule has 0 aliphatic heterocycles. The van der Waals surface area contributed by atoms with Gasteiger partial charge in [-0.1, -0.05) is 5.16 Å². The van der Waals surface area contributed by atoms with Crippen molar-refractivity contribution in [1.29, 1.82) is 0 Å². The van der Waals surface area contributed by atoms with Crippen molar-refractivity contribution in [3.8, 4) is 11.4 Å². The van der Waals surface area contributed by atoms with Gasteiger partial charge in [0.1, 0.15) is 17.3 Å². The quantitative estimate of drug-likeness (QED) is 0.300. The molecule has 40 heavy (non-hydrogen) atoms. The number of aromatic nitrogens is 5. The van der Waals surface area contributed by atoms with Gasteiger partial charge in [0.25, 0.3) is 5.91 Å². The minimum absolute atomic E-state index is 0.106. The lowest BCUT2D eigenvalue weighted by molar-refractivity contribution is -0.128. The number of nitrogens with two attached hydrogens (primary N) is 1. The van der Waals surface area contributed by atoms with Crippen LogP contribution >= 0.6 is 0 Å². The van der Waals surface area contributed by atoms with Crippen LogP contribution in [0.3, 0.4) is 0 Å². The van der Waals surface area contributed by atoms with E-state index in [9.17, 15) is 18.0 Å². The smallest absolute Gasteiger partial charge is 0.274 e. The summed E-state index contributed by atoms with van der Waals surface area (Å²) in [5.41, 5.74) is 6.63. The number of fused-ring (bicyclic) bond motifs is 1. The maximum atomic E-state index is 15.2. The van der Waals surface area contributed by atoms with Crippen molar-refractivity contribution in [3.63, 3.8) is 0 Å². The molecule has 15 heteroatoms. The number of benzene rings is 2. The van der Waals surface area contributed by atoms with Crippen LogP contribution in [0.25, 0.3) is 22.3 Å². The van der Waals surface area contributed by atoms with Gasteiger partial charge in [0.15, 0.2) is 26.3 Å². The van der Waals surface area contributed by atoms with Gasteiger partial charge in [-0.05, 0) is 30.3 Å². The summed E-state index contributed by atoms with van der Waals surface area (Å²) in [7, 11) is -2.17. The van der Waals surface area contributed by atoms with Gasteiger partial charge in [-0.15, -0.1) is 0 Å². The SMILES string of the molecule is CC(=O)N(C)Cc1nccn1-c1ccc(NC(=O)c2cc(S(C)(=O)=O)nn2-c2ccc3onc(N)c3c2)c(F)c1. The van der Waals surface area contributed by atoms with E-state index in [1.54, 1.807) is 42.1 Å². The van der Waals surface area contributed by atoms with Gasteiger partial charge in [-0.25, -0.2) is 22.5 Å². The molecule has 3 N–H and O–H groups in total. The second kappa shape index (κ2) is 9.92. The lowest BCUT2D eigenvalue weighted by Crippen LogP contribution is -2.24. The average molecular weight is 567 g/mol. The van der Waals surface area contributed by atoms with Crippen LogP contribution in [-0.4, -0.2) is 62.9 Å². The minimum atomic E-state index is -3.79. The predicted molar refractivity (Wildman–Crippen MR) is 142 cm³/mol. The Kier molecular flexibility index (Phi) is 6.59. The molecule has 206 valence electrons. The lowest BCUT2D eigenvalue weighted by atomic mass is 10.2. The fourth-order valence-electron chi connectivity index (χ4n) is 3.93. The summed E-state index contributed by atoms with van der Waals surface area (Å²) in [4.78, 5) is 30.6. The Hall–Kier alpha value is -5.05. The number of anilines is 2. The highest BCUT2D eigenvalue weighted by molar-refractivity contribution is 7.90. The minimum Gasteiger partial charge on any atom is -0.380 e. The Morgan fingerprint density at radius 2 is 1.90 bits per heavy atom. The van der Waals surface area contributed by atoms with Crippen LogP contribution in [0, 0.1) is 5.82 Å². The Morgan fingerprint density at radius 1 is 1.15 bits per heavy atom. The van der Waals surface area contributed by atoms with Crippen molar-refractivity contribution in [1.82, 2.24) is 29.4 Å². The fourth-order valence-corrected chi connectivity index (χ4v) is 4.48. The largest absolute Gasteiger partial charge is 0.380 e. The highest BCUT2D eigenvalue weighted by Gasteiger charge is 2.23. The summed E-state index contributed by atoms with van der Waals surface area (Å²) in [6.45, 7) is 1.64. The predicted octanol–water partition coefficient (Wildman–Crippen LogP) is 2.55. The van der Waals surface area contributed by atoms with E-state index in [0.717, 1.165) is 17.0 Å². The second-order valence-electron chi connectivity index (χ2n) is 9.01. The third-order valence-corrected chi connectivity index (χ3v) is 7.10. The van der Waals surface area contributed by atoms with Gasteiger partial charge >= 0.3 is 0 Å². The van der Waals surface area contributed by atoms with E-state index in [4.69, 9.17) is 10.3 Å². The maximum absolute atomic E-state index is 15.2. The first-order valence-corrected chi connectivity index (χ1v) is 13.6. The molecule has 0 unspecified atom stereocenters. The van der Waals surface area contributed by atoms with Gasteiger partial charge < -0.3 is 25.0 Å². The molecule has 0 atom stereocenters. The van der Waals surface area contributed by atoms with E-state index in [-0.39, 0.29) is 34.7 Å². The van der Waals surface area contributed by atoms with Crippen LogP contribution < -0.4 is 11.1 Å². The highest BCUT2D eigenvalue weighted by atomic mass is 32.2. The van der Waals surface area contributed by atoms with E-state index >= 15 is 4.39 Å². The monoisotopic (exact) mass is 566 g/mol. The summed E-state index contributed by atoms with van der Waals surface area (Å²) in [5.74, 6) is -1.09. The van der Waals surface area contributed by atoms with E-state index in [2.05, 4.69) is 20.6 Å². The number of nitrogens with zero attached hydrogens (tertiary/aromatic N) is 6. The average Bonchev–Trinajstić information content (AvgIpc) is 3.63. The van der Waals surface area contributed by atoms with E-state index in [1.807, 2.05) is 0 Å². The van der Waals surface area contributed by atoms with E-state index in [1.165, 1.54) is 30.2 Å². The molecule has 5 rings (SSSR count). The van der Waals surface area contributed by atoms with Crippen molar-refractivity contribution in [3.05, 3.63) is 72.2 Å². The molecular formula is C25H23FN8O5S. The number of sulfone groups is 1. The van der Waals surface area contributed by atoms with Gasteiger partial charge in [0.05, 0.1) is 23.3 Å². The number of hydrogen-bond donors (Lipinski definition) is 2. The molecule has 0 spiro atoms. The summed E-state index contributed by atoms with van der Waals surface area (Å²) in [5, 5.41) is 10.3. The van der Waals surface area contributed by atoms with E-state index < -0.39 is 21.6 Å². The number of nitrogens with one attached hydrogen (secondary N) is 1. The number of nitrogen functional groups attached to an aromatic ring is 1. The zero-order chi connectivity index (χ0) is 28.8. The number of halogens is 1. The Morgan fingerprint density at radius 3 is 2.60 bits per heavy atom. The molecule has 0 bridgehead atoms. The van der Waals surface area contributed by atoms with Crippen molar-refractivity contribution in [2.24, 2.45) is 0 Å². The first-order chi connectivity index (χ1) is 18.9. The molecule has 3 aromatic heterocycles. The number of carbonyl (C=O) groups is 2. The molecule has 0 fully saturated rings. The van der Waals surface area contributed by atoms with Crippen LogP contribution in [0.5, 0.6) is 0 Å². The Labute approximate surface area is 226 Å². The molecule has 13 nitrogen and oxygen atoms in total. The topological polar surface area (TPSA) is 171 Å². The number of imidazole rings is 1. The third kappa shape index (κ3) is 5.01. The van der Waals surface area contributed by atoms with Crippen molar-refractivity contribution >= 4 is 44.1 Å². The molecule has 0 aliphatic carbocycles. The summed E-state index contributed by atoms with van der Waals surface area (Å²) < 4.78 is 47.5. The number of amides is 2. The molecule has 3 heterocycles. The number of carbonyl (C=O) groups excluding carboxylic acids is 2. The molecular weight excluding hydrogens is 543 g/mol. The van der Waals surface area contributed by atoms with Crippen molar-refractivity contribution < 1.29 is 26.9 Å². The van der Waals surface area contributed by atoms with Crippen LogP contribution in [0.2, 0.25) is 0 Å². The molecule has 0 saturated carbocycles. The van der Waals surface area contributed by atoms with Crippen molar-refractivity contribution in [2.75, 3.05) is 24.4 Å². The molecule has 2 aromatic carbocycles. The first kappa shape index (κ1) is 26.6. The van der Waals surface area contributed by atoms with Crippen LogP contribution in [0.4, 0.5) is 15.9 Å². The van der Waals surface area contributed by atoms with Gasteiger partial charge in [0.2, 0.25) is 5.91 Å². The number of hydrogen-bond acceptors (Lipinski definition) is 9. The highest BCUT2D eigenvalue weighted by Crippen LogP contribution is 2.26. The molecule has 5 aromatic rings.